The van der Waals surface area contributed by atoms with Crippen LogP contribution in [-0.2, 0) is 10.2 Å². The summed E-state index contributed by atoms with van der Waals surface area (Å²) in [7, 11) is -3.39. The van der Waals surface area contributed by atoms with Crippen molar-refractivity contribution in [2.75, 3.05) is 39.3 Å². The van der Waals surface area contributed by atoms with Crippen LogP contribution in [-0.4, -0.2) is 68.1 Å². The van der Waals surface area contributed by atoms with Gasteiger partial charge in [-0.05, 0) is 25.2 Å². The molecule has 0 spiro atoms. The van der Waals surface area contributed by atoms with Gasteiger partial charge in [0.1, 0.15) is 0 Å². The second kappa shape index (κ2) is 8.59. The minimum atomic E-state index is -3.39. The van der Waals surface area contributed by atoms with E-state index in [9.17, 15) is 8.42 Å². The second-order valence-corrected chi connectivity index (χ2v) is 8.28. The Morgan fingerprint density at radius 2 is 1.82 bits per heavy atom. The van der Waals surface area contributed by atoms with Crippen LogP contribution in [0, 0.1) is 5.92 Å². The summed E-state index contributed by atoms with van der Waals surface area (Å²) in [5.74, 6) is 0.346. The largest absolute Gasteiger partial charge is 0.395 e. The number of aliphatic hydroxyl groups excluding tert-OH is 1. The molecule has 0 radical (unpaired) electrons. The summed E-state index contributed by atoms with van der Waals surface area (Å²) < 4.78 is 29.9. The molecule has 130 valence electrons. The van der Waals surface area contributed by atoms with Crippen LogP contribution in [0.5, 0.6) is 0 Å². The summed E-state index contributed by atoms with van der Waals surface area (Å²) in [5.41, 5.74) is 0. The van der Waals surface area contributed by atoms with E-state index in [0.29, 0.717) is 32.1 Å². The molecule has 2 fully saturated rings. The average Bonchev–Trinajstić information content (AvgIpc) is 2.69. The van der Waals surface area contributed by atoms with Gasteiger partial charge in [-0.15, -0.1) is 0 Å². The van der Waals surface area contributed by atoms with Gasteiger partial charge in [0.25, 0.3) is 10.2 Å². The second-order valence-electron chi connectivity index (χ2n) is 6.57. The van der Waals surface area contributed by atoms with Crippen molar-refractivity contribution in [3.05, 3.63) is 0 Å². The van der Waals surface area contributed by atoms with Gasteiger partial charge in [-0.25, -0.2) is 0 Å². The highest BCUT2D eigenvalue weighted by Gasteiger charge is 2.36. The van der Waals surface area contributed by atoms with Crippen LogP contribution >= 0.6 is 0 Å². The van der Waals surface area contributed by atoms with E-state index in [0.717, 1.165) is 45.1 Å². The maximum absolute atomic E-state index is 12.7. The van der Waals surface area contributed by atoms with E-state index in [1.807, 2.05) is 0 Å². The summed E-state index contributed by atoms with van der Waals surface area (Å²) in [4.78, 5) is 2.16. The number of β-amino-alcohol motifs (C(OH)–C–C–N with tert-alkyl or cyclic N) is 1. The molecule has 0 unspecified atom stereocenters. The Morgan fingerprint density at radius 3 is 2.41 bits per heavy atom. The van der Waals surface area contributed by atoms with Gasteiger partial charge >= 0.3 is 0 Å². The lowest BCUT2D eigenvalue weighted by atomic mass is 9.99. The smallest absolute Gasteiger partial charge is 0.279 e. The van der Waals surface area contributed by atoms with Crippen LogP contribution in [0.15, 0.2) is 0 Å². The van der Waals surface area contributed by atoms with Crippen molar-refractivity contribution in [1.29, 1.82) is 0 Å². The number of rotatable bonds is 7. The molecule has 0 amide bonds. The van der Waals surface area contributed by atoms with Gasteiger partial charge in [-0.3, -0.25) is 4.90 Å². The SMILES string of the molecule is CCC[C@@H]1CN(CCO)C[C@H]1NS(=O)(=O)N1CCCCCC1. The molecule has 2 N–H and O–H groups in total. The Kier molecular flexibility index (Phi) is 7.08. The summed E-state index contributed by atoms with van der Waals surface area (Å²) in [6, 6.07) is -0.0280. The van der Waals surface area contributed by atoms with Crippen molar-refractivity contribution in [3.63, 3.8) is 0 Å². The predicted molar refractivity (Wildman–Crippen MR) is 87.8 cm³/mol. The lowest BCUT2D eigenvalue weighted by molar-refractivity contribution is 0.216. The molecule has 22 heavy (non-hydrogen) atoms. The lowest BCUT2D eigenvalue weighted by Gasteiger charge is -2.25. The number of nitrogens with one attached hydrogen (secondary N) is 1. The number of hydrogen-bond acceptors (Lipinski definition) is 4. The Hall–Kier alpha value is -0.210. The van der Waals surface area contributed by atoms with E-state index in [2.05, 4.69) is 16.5 Å². The lowest BCUT2D eigenvalue weighted by Crippen LogP contribution is -2.48. The molecule has 2 rings (SSSR count). The molecular formula is C15H31N3O3S. The molecule has 2 saturated heterocycles. The fraction of sp³-hybridized carbons (Fsp3) is 1.00. The van der Waals surface area contributed by atoms with E-state index in [4.69, 9.17) is 5.11 Å². The van der Waals surface area contributed by atoms with Gasteiger partial charge in [0.05, 0.1) is 6.61 Å². The van der Waals surface area contributed by atoms with Crippen LogP contribution in [0.2, 0.25) is 0 Å². The molecule has 0 aromatic heterocycles. The first-order valence-electron chi connectivity index (χ1n) is 8.67. The molecule has 2 aliphatic heterocycles. The summed E-state index contributed by atoms with van der Waals surface area (Å²) >= 11 is 0. The molecule has 7 heteroatoms. The van der Waals surface area contributed by atoms with Crippen LogP contribution < -0.4 is 4.72 Å². The van der Waals surface area contributed by atoms with Crippen molar-refractivity contribution >= 4 is 10.2 Å². The molecule has 0 aromatic rings. The van der Waals surface area contributed by atoms with E-state index in [1.165, 1.54) is 0 Å². The first-order valence-corrected chi connectivity index (χ1v) is 10.1. The van der Waals surface area contributed by atoms with E-state index < -0.39 is 10.2 Å². The standard InChI is InChI=1S/C15H31N3O3S/c1-2-7-14-12-17(10-11-19)13-15(14)16-22(20,21)18-8-5-3-4-6-9-18/h14-16,19H,2-13H2,1H3/t14-,15-/m1/s1. The number of hydrogen-bond donors (Lipinski definition) is 2. The molecule has 0 bridgehead atoms. The van der Waals surface area contributed by atoms with Gasteiger partial charge in [0.2, 0.25) is 0 Å². The molecule has 2 atom stereocenters. The van der Waals surface area contributed by atoms with Crippen molar-refractivity contribution in [2.45, 2.75) is 51.5 Å². The molecule has 0 saturated carbocycles. The van der Waals surface area contributed by atoms with E-state index in [1.54, 1.807) is 4.31 Å². The first-order chi connectivity index (χ1) is 10.6. The summed E-state index contributed by atoms with van der Waals surface area (Å²) in [6.07, 6.45) is 6.24. The van der Waals surface area contributed by atoms with Gasteiger partial charge in [0, 0.05) is 38.8 Å². The number of aliphatic hydroxyl groups is 1. The Bertz CT molecular complexity index is 422. The highest BCUT2D eigenvalue weighted by Crippen LogP contribution is 2.23. The fourth-order valence-corrected chi connectivity index (χ4v) is 5.17. The minimum Gasteiger partial charge on any atom is -0.395 e. The zero-order valence-electron chi connectivity index (χ0n) is 13.7. The van der Waals surface area contributed by atoms with E-state index in [-0.39, 0.29) is 12.6 Å². The van der Waals surface area contributed by atoms with Gasteiger partial charge in [0.15, 0.2) is 0 Å². The van der Waals surface area contributed by atoms with E-state index >= 15 is 0 Å². The van der Waals surface area contributed by atoms with Crippen molar-refractivity contribution < 1.29 is 13.5 Å². The molecular weight excluding hydrogens is 302 g/mol. The van der Waals surface area contributed by atoms with Gasteiger partial charge < -0.3 is 5.11 Å². The number of nitrogens with zero attached hydrogens (tertiary/aromatic N) is 2. The zero-order valence-corrected chi connectivity index (χ0v) is 14.5. The number of likely N-dealkylation sites (tertiary alicyclic amines) is 1. The summed E-state index contributed by atoms with van der Waals surface area (Å²) in [6.45, 7) is 5.75. The summed E-state index contributed by atoms with van der Waals surface area (Å²) in [5, 5.41) is 9.11. The van der Waals surface area contributed by atoms with Crippen LogP contribution in [0.4, 0.5) is 0 Å². The Morgan fingerprint density at radius 1 is 1.14 bits per heavy atom. The first kappa shape index (κ1) is 18.1. The molecule has 0 aromatic carbocycles. The molecule has 6 nitrogen and oxygen atoms in total. The Balaban J connectivity index is 1.99. The Labute approximate surface area is 135 Å². The van der Waals surface area contributed by atoms with Crippen LogP contribution in [0.3, 0.4) is 0 Å². The van der Waals surface area contributed by atoms with Crippen molar-refractivity contribution in [1.82, 2.24) is 13.9 Å². The van der Waals surface area contributed by atoms with Crippen molar-refractivity contribution in [2.24, 2.45) is 5.92 Å². The van der Waals surface area contributed by atoms with Gasteiger partial charge in [-0.1, -0.05) is 26.2 Å². The monoisotopic (exact) mass is 333 g/mol. The quantitative estimate of drug-likeness (QED) is 0.722. The normalized spacial score (nSPS) is 28.8. The maximum Gasteiger partial charge on any atom is 0.279 e. The minimum absolute atomic E-state index is 0.0280. The fourth-order valence-electron chi connectivity index (χ4n) is 3.63. The third-order valence-corrected chi connectivity index (χ3v) is 6.44. The zero-order chi connectivity index (χ0) is 16.0. The molecule has 2 aliphatic rings. The maximum atomic E-state index is 12.7. The highest BCUT2D eigenvalue weighted by molar-refractivity contribution is 7.87. The average molecular weight is 333 g/mol. The predicted octanol–water partition coefficient (Wildman–Crippen LogP) is 0.790. The highest BCUT2D eigenvalue weighted by atomic mass is 32.2. The third-order valence-electron chi connectivity index (χ3n) is 4.80. The molecule has 0 aliphatic carbocycles. The van der Waals surface area contributed by atoms with Crippen molar-refractivity contribution in [3.8, 4) is 0 Å². The third kappa shape index (κ3) is 4.89. The van der Waals surface area contributed by atoms with Gasteiger partial charge in [-0.2, -0.15) is 17.4 Å². The van der Waals surface area contributed by atoms with Crippen LogP contribution in [0.25, 0.3) is 0 Å². The topological polar surface area (TPSA) is 72.9 Å². The van der Waals surface area contributed by atoms with Crippen LogP contribution in [0.1, 0.15) is 45.4 Å². The molecule has 2 heterocycles.